The van der Waals surface area contributed by atoms with Gasteiger partial charge in [0.1, 0.15) is 0 Å². The summed E-state index contributed by atoms with van der Waals surface area (Å²) >= 11 is 0. The molecular formula is C24H24F6N2O3S. The lowest BCUT2D eigenvalue weighted by atomic mass is 9.89. The van der Waals surface area contributed by atoms with Crippen molar-refractivity contribution in [3.63, 3.8) is 0 Å². The summed E-state index contributed by atoms with van der Waals surface area (Å²) in [4.78, 5) is 13.9. The molecule has 0 spiro atoms. The number of hydrogen-bond acceptors (Lipinski definition) is 3. The normalized spacial score (nSPS) is 24.9. The van der Waals surface area contributed by atoms with Crippen LogP contribution in [0.15, 0.2) is 53.4 Å². The molecule has 1 aliphatic carbocycles. The predicted molar refractivity (Wildman–Crippen MR) is 118 cm³/mol. The summed E-state index contributed by atoms with van der Waals surface area (Å²) in [6.45, 7) is 2.03. The van der Waals surface area contributed by atoms with Gasteiger partial charge in [-0.25, -0.2) is 13.1 Å². The van der Waals surface area contributed by atoms with Crippen LogP contribution in [0.25, 0.3) is 0 Å². The topological polar surface area (TPSA) is 66.5 Å². The molecule has 2 fully saturated rings. The van der Waals surface area contributed by atoms with Gasteiger partial charge in [-0.15, -0.1) is 0 Å². The minimum absolute atomic E-state index is 0.0208. The number of rotatable bonds is 6. The number of halogens is 6. The summed E-state index contributed by atoms with van der Waals surface area (Å²) in [5, 5.41) is 0. The van der Waals surface area contributed by atoms with Crippen molar-refractivity contribution in [2.75, 3.05) is 6.54 Å². The predicted octanol–water partition coefficient (Wildman–Crippen LogP) is 5.08. The van der Waals surface area contributed by atoms with Crippen molar-refractivity contribution >= 4 is 15.9 Å². The van der Waals surface area contributed by atoms with Gasteiger partial charge in [0.2, 0.25) is 15.9 Å². The van der Waals surface area contributed by atoms with E-state index in [1.807, 2.05) is 6.92 Å². The first-order valence-corrected chi connectivity index (χ1v) is 12.8. The van der Waals surface area contributed by atoms with Crippen LogP contribution in [0.5, 0.6) is 0 Å². The van der Waals surface area contributed by atoms with E-state index in [-0.39, 0.29) is 49.2 Å². The van der Waals surface area contributed by atoms with Crippen molar-refractivity contribution in [1.29, 1.82) is 0 Å². The molecule has 12 heteroatoms. The first-order chi connectivity index (χ1) is 16.7. The Morgan fingerprint density at radius 2 is 1.61 bits per heavy atom. The van der Waals surface area contributed by atoms with E-state index in [9.17, 15) is 39.6 Å². The lowest BCUT2D eigenvalue weighted by Gasteiger charge is -2.25. The van der Waals surface area contributed by atoms with E-state index in [2.05, 4.69) is 4.72 Å². The molecule has 4 atom stereocenters. The quantitative estimate of drug-likeness (QED) is 0.526. The number of fused-ring (bicyclic) bond motifs is 1. The maximum absolute atomic E-state index is 13.0. The molecule has 4 rings (SSSR count). The molecule has 0 bridgehead atoms. The number of nitrogens with zero attached hydrogens (tertiary/aromatic N) is 1. The van der Waals surface area contributed by atoms with E-state index in [4.69, 9.17) is 0 Å². The molecule has 0 radical (unpaired) electrons. The molecule has 1 amide bonds. The molecule has 2 aromatic rings. The maximum Gasteiger partial charge on any atom is 0.416 e. The Morgan fingerprint density at radius 1 is 0.972 bits per heavy atom. The third-order valence-electron chi connectivity index (χ3n) is 7.13. The first kappa shape index (κ1) is 26.5. The van der Waals surface area contributed by atoms with Crippen molar-refractivity contribution in [1.82, 2.24) is 9.62 Å². The second kappa shape index (κ2) is 9.37. The average molecular weight is 535 g/mol. The molecule has 5 nitrogen and oxygen atoms in total. The number of nitrogens with one attached hydrogen (secondary N) is 1. The van der Waals surface area contributed by atoms with Crippen LogP contribution in [0.2, 0.25) is 0 Å². The van der Waals surface area contributed by atoms with Crippen molar-refractivity contribution < 1.29 is 39.6 Å². The molecule has 1 saturated carbocycles. The Morgan fingerprint density at radius 3 is 2.22 bits per heavy atom. The smallest absolute Gasteiger partial charge is 0.335 e. The summed E-state index contributed by atoms with van der Waals surface area (Å²) in [6.07, 6.45) is -8.37. The average Bonchev–Trinajstić information content (AvgIpc) is 3.25. The van der Waals surface area contributed by atoms with Crippen LogP contribution >= 0.6 is 0 Å². The highest BCUT2D eigenvalue weighted by atomic mass is 32.2. The first-order valence-electron chi connectivity index (χ1n) is 11.3. The van der Waals surface area contributed by atoms with Crippen LogP contribution in [0.3, 0.4) is 0 Å². The maximum atomic E-state index is 13.0. The number of benzene rings is 2. The Hall–Kier alpha value is -2.60. The fourth-order valence-corrected chi connectivity index (χ4v) is 6.39. The van der Waals surface area contributed by atoms with Gasteiger partial charge < -0.3 is 4.90 Å². The number of carbonyl (C=O) groups excluding carboxylic acids is 1. The van der Waals surface area contributed by atoms with Gasteiger partial charge in [0.05, 0.1) is 16.0 Å². The fraction of sp³-hybridized carbons (Fsp3) is 0.458. The molecule has 0 unspecified atom stereocenters. The molecular weight excluding hydrogens is 510 g/mol. The monoisotopic (exact) mass is 534 g/mol. The summed E-state index contributed by atoms with van der Waals surface area (Å²) in [5.41, 5.74) is -1.29. The van der Waals surface area contributed by atoms with Crippen LogP contribution in [0.1, 0.15) is 36.5 Å². The third-order valence-corrected chi connectivity index (χ3v) is 8.56. The van der Waals surface area contributed by atoms with E-state index in [0.717, 1.165) is 30.3 Å². The molecule has 1 heterocycles. The standard InChI is InChI=1S/C24H24F6N2O3S/c1-14-9-21-19(11-22(33)32(21)13-15-5-7-16(8-6-15)23(25,26)27)20(14)12-31-36(34,35)18-4-2-3-17(10-18)24(28,29)30/h2-8,10,14,19-21,31H,9,11-13H2,1H3/t14-,19-,20+,21+/m0/s1. The van der Waals surface area contributed by atoms with Crippen molar-refractivity contribution in [3.8, 4) is 0 Å². The van der Waals surface area contributed by atoms with Crippen LogP contribution in [0, 0.1) is 17.8 Å². The largest absolute Gasteiger partial charge is 0.416 e. The van der Waals surface area contributed by atoms with Crippen LogP contribution < -0.4 is 4.72 Å². The summed E-state index contributed by atoms with van der Waals surface area (Å²) in [6, 6.07) is 7.89. The summed E-state index contributed by atoms with van der Waals surface area (Å²) in [5.74, 6) is -0.543. The zero-order valence-corrected chi connectivity index (χ0v) is 19.9. The highest BCUT2D eigenvalue weighted by Crippen LogP contribution is 2.46. The number of alkyl halides is 6. The van der Waals surface area contributed by atoms with E-state index < -0.39 is 38.4 Å². The molecule has 1 N–H and O–H groups in total. The van der Waals surface area contributed by atoms with Crippen LogP contribution in [0.4, 0.5) is 26.3 Å². The number of hydrogen-bond donors (Lipinski definition) is 1. The lowest BCUT2D eigenvalue weighted by molar-refractivity contribution is -0.138. The minimum Gasteiger partial charge on any atom is -0.335 e. The molecule has 2 aliphatic rings. The number of amides is 1. The van der Waals surface area contributed by atoms with E-state index in [0.29, 0.717) is 18.1 Å². The highest BCUT2D eigenvalue weighted by Gasteiger charge is 2.50. The van der Waals surface area contributed by atoms with Crippen molar-refractivity contribution in [2.45, 2.75) is 49.6 Å². The Kier molecular flexibility index (Phi) is 6.89. The second-order valence-corrected chi connectivity index (χ2v) is 11.2. The number of carbonyl (C=O) groups is 1. The zero-order chi connectivity index (χ0) is 26.5. The summed E-state index contributed by atoms with van der Waals surface area (Å²) < 4.78 is 105. The number of likely N-dealkylation sites (tertiary alicyclic amines) is 1. The van der Waals surface area contributed by atoms with Gasteiger partial charge >= 0.3 is 12.4 Å². The Balaban J connectivity index is 1.44. The van der Waals surface area contributed by atoms with Gasteiger partial charge in [0.25, 0.3) is 0 Å². The highest BCUT2D eigenvalue weighted by molar-refractivity contribution is 7.89. The van der Waals surface area contributed by atoms with Gasteiger partial charge in [-0.2, -0.15) is 26.3 Å². The Labute approximate surface area is 204 Å². The minimum atomic E-state index is -4.68. The van der Waals surface area contributed by atoms with E-state index in [1.165, 1.54) is 12.1 Å². The second-order valence-electron chi connectivity index (χ2n) is 9.41. The zero-order valence-electron chi connectivity index (χ0n) is 19.1. The lowest BCUT2D eigenvalue weighted by Crippen LogP contribution is -2.35. The number of sulfonamides is 1. The SMILES string of the molecule is C[C@H]1C[C@@H]2[C@@H](CC(=O)N2Cc2ccc(C(F)(F)F)cc2)[C@@H]1CNS(=O)(=O)c1cccc(C(F)(F)F)c1. The molecule has 2 aromatic carbocycles. The molecule has 0 aromatic heterocycles. The third kappa shape index (κ3) is 5.39. The van der Waals surface area contributed by atoms with Crippen LogP contribution in [-0.2, 0) is 33.7 Å². The van der Waals surface area contributed by atoms with Gasteiger partial charge in [0, 0.05) is 25.6 Å². The molecule has 1 aliphatic heterocycles. The van der Waals surface area contributed by atoms with Crippen molar-refractivity contribution in [3.05, 3.63) is 65.2 Å². The summed E-state index contributed by atoms with van der Waals surface area (Å²) in [7, 11) is -4.21. The Bertz CT molecular complexity index is 1230. The van der Waals surface area contributed by atoms with E-state index >= 15 is 0 Å². The molecule has 36 heavy (non-hydrogen) atoms. The van der Waals surface area contributed by atoms with Gasteiger partial charge in [-0.3, -0.25) is 4.79 Å². The molecule has 196 valence electrons. The van der Waals surface area contributed by atoms with Crippen molar-refractivity contribution in [2.24, 2.45) is 17.8 Å². The van der Waals surface area contributed by atoms with Gasteiger partial charge in [0.15, 0.2) is 0 Å². The van der Waals surface area contributed by atoms with Gasteiger partial charge in [-0.05, 0) is 60.1 Å². The van der Waals surface area contributed by atoms with E-state index in [1.54, 1.807) is 4.90 Å². The fourth-order valence-electron chi connectivity index (χ4n) is 5.27. The molecule has 1 saturated heterocycles. The van der Waals surface area contributed by atoms with Crippen LogP contribution in [-0.4, -0.2) is 31.8 Å². The van der Waals surface area contributed by atoms with Gasteiger partial charge in [-0.1, -0.05) is 25.1 Å².